The van der Waals surface area contributed by atoms with E-state index in [0.717, 1.165) is 12.8 Å². The highest BCUT2D eigenvalue weighted by Crippen LogP contribution is 2.51. The van der Waals surface area contributed by atoms with Gasteiger partial charge in [-0.1, -0.05) is 107 Å². The summed E-state index contributed by atoms with van der Waals surface area (Å²) in [5.74, 6) is 0. The number of benzene rings is 5. The average Bonchev–Trinajstić information content (AvgIpc) is 3.50. The second kappa shape index (κ2) is 10.1. The lowest BCUT2D eigenvalue weighted by molar-refractivity contribution is 0.590. The molecule has 0 amide bonds. The van der Waals surface area contributed by atoms with E-state index in [9.17, 15) is 0 Å². The van der Waals surface area contributed by atoms with Crippen LogP contribution in [0.2, 0.25) is 0 Å². The highest BCUT2D eigenvalue weighted by molar-refractivity contribution is 5.97. The number of nitrogens with zero attached hydrogens (tertiary/aromatic N) is 2. The van der Waals surface area contributed by atoms with Crippen LogP contribution in [0, 0.1) is 0 Å². The lowest BCUT2D eigenvalue weighted by Gasteiger charge is -2.29. The molecular formula is C43H40N2. The lowest BCUT2D eigenvalue weighted by atomic mass is 9.82. The Morgan fingerprint density at radius 1 is 0.667 bits per heavy atom. The van der Waals surface area contributed by atoms with Gasteiger partial charge in [0.05, 0.1) is 5.52 Å². The first kappa shape index (κ1) is 27.7. The maximum absolute atomic E-state index is 2.47. The van der Waals surface area contributed by atoms with Crippen LogP contribution in [0.5, 0.6) is 0 Å². The largest absolute Gasteiger partial charge is 0.313 e. The zero-order valence-electron chi connectivity index (χ0n) is 26.9. The van der Waals surface area contributed by atoms with Crippen LogP contribution < -0.4 is 4.90 Å². The molecule has 0 atom stereocenters. The molecule has 0 N–H and O–H groups in total. The summed E-state index contributed by atoms with van der Waals surface area (Å²) >= 11 is 0. The molecule has 5 aromatic carbocycles. The van der Waals surface area contributed by atoms with E-state index in [1.165, 1.54) is 72.7 Å². The molecule has 0 aliphatic heterocycles. The van der Waals surface area contributed by atoms with Gasteiger partial charge in [-0.05, 0) is 101 Å². The molecule has 1 heterocycles. The maximum atomic E-state index is 2.47. The summed E-state index contributed by atoms with van der Waals surface area (Å²) in [7, 11) is 0. The molecule has 6 aromatic rings. The second-order valence-corrected chi connectivity index (χ2v) is 14.2. The van der Waals surface area contributed by atoms with Crippen molar-refractivity contribution in [2.75, 3.05) is 4.90 Å². The van der Waals surface area contributed by atoms with Crippen LogP contribution >= 0.6 is 0 Å². The van der Waals surface area contributed by atoms with E-state index >= 15 is 0 Å². The van der Waals surface area contributed by atoms with Crippen LogP contribution in [-0.2, 0) is 17.3 Å². The minimum absolute atomic E-state index is 0.0456. The Hall–Kier alpha value is -4.82. The molecule has 0 fully saturated rings. The van der Waals surface area contributed by atoms with Gasteiger partial charge in [0, 0.05) is 44.8 Å². The Morgan fingerprint density at radius 3 is 2.20 bits per heavy atom. The van der Waals surface area contributed by atoms with Gasteiger partial charge in [-0.2, -0.15) is 0 Å². The first-order chi connectivity index (χ1) is 21.7. The van der Waals surface area contributed by atoms with E-state index in [1.807, 2.05) is 0 Å². The zero-order chi connectivity index (χ0) is 30.9. The van der Waals surface area contributed by atoms with E-state index in [4.69, 9.17) is 0 Å². The van der Waals surface area contributed by atoms with Gasteiger partial charge in [0.2, 0.25) is 0 Å². The number of para-hydroxylation sites is 1. The smallest absolute Gasteiger partial charge is 0.0539 e. The van der Waals surface area contributed by atoms with Crippen molar-refractivity contribution < 1.29 is 0 Å². The van der Waals surface area contributed by atoms with Crippen molar-refractivity contribution in [3.8, 4) is 16.8 Å². The fourth-order valence-corrected chi connectivity index (χ4v) is 7.61. The van der Waals surface area contributed by atoms with Crippen molar-refractivity contribution >= 4 is 34.0 Å². The predicted molar refractivity (Wildman–Crippen MR) is 192 cm³/mol. The Labute approximate surface area is 267 Å². The molecule has 0 unspecified atom stereocenters. The number of anilines is 3. The summed E-state index contributed by atoms with van der Waals surface area (Å²) in [5.41, 5.74) is 15.6. The van der Waals surface area contributed by atoms with Crippen LogP contribution in [0.15, 0.2) is 121 Å². The third kappa shape index (κ3) is 4.38. The quantitative estimate of drug-likeness (QED) is 0.200. The van der Waals surface area contributed by atoms with Crippen molar-refractivity contribution in [1.82, 2.24) is 4.57 Å². The van der Waals surface area contributed by atoms with Crippen LogP contribution in [0.25, 0.3) is 33.8 Å². The van der Waals surface area contributed by atoms with Gasteiger partial charge in [-0.15, -0.1) is 0 Å². The molecule has 0 spiro atoms. The molecule has 1 aromatic heterocycles. The maximum Gasteiger partial charge on any atom is 0.0539 e. The summed E-state index contributed by atoms with van der Waals surface area (Å²) in [4.78, 5) is 2.47. The highest BCUT2D eigenvalue weighted by Gasteiger charge is 2.36. The van der Waals surface area contributed by atoms with Crippen molar-refractivity contribution in [2.24, 2.45) is 0 Å². The van der Waals surface area contributed by atoms with E-state index in [2.05, 4.69) is 171 Å². The van der Waals surface area contributed by atoms with E-state index in [0.29, 0.717) is 0 Å². The van der Waals surface area contributed by atoms with Crippen LogP contribution in [0.3, 0.4) is 0 Å². The Balaban J connectivity index is 1.35. The highest BCUT2D eigenvalue weighted by atomic mass is 15.1. The molecule has 2 heteroatoms. The fourth-order valence-electron chi connectivity index (χ4n) is 7.61. The summed E-state index contributed by atoms with van der Waals surface area (Å²) in [6.07, 6.45) is 6.78. The molecule has 0 bridgehead atoms. The Morgan fingerprint density at radius 2 is 1.38 bits per heavy atom. The summed E-state index contributed by atoms with van der Waals surface area (Å²) in [6.45, 7) is 11.6. The molecule has 0 saturated heterocycles. The number of fused-ring (bicyclic) bond motifs is 6. The van der Waals surface area contributed by atoms with Crippen LogP contribution in [0.1, 0.15) is 69.0 Å². The van der Waals surface area contributed by atoms with Gasteiger partial charge in [-0.25, -0.2) is 0 Å². The number of hydrogen-bond acceptors (Lipinski definition) is 1. The number of aromatic nitrogens is 1. The normalized spacial score (nSPS) is 14.7. The monoisotopic (exact) mass is 584 g/mol. The number of allylic oxidation sites excluding steroid dienone is 1. The molecule has 8 rings (SSSR count). The third-order valence-corrected chi connectivity index (χ3v) is 9.99. The second-order valence-electron chi connectivity index (χ2n) is 14.2. The third-order valence-electron chi connectivity index (χ3n) is 9.99. The molecule has 222 valence electrons. The van der Waals surface area contributed by atoms with E-state index < -0.39 is 0 Å². The van der Waals surface area contributed by atoms with Gasteiger partial charge in [0.1, 0.15) is 0 Å². The molecular weight excluding hydrogens is 544 g/mol. The summed E-state index contributed by atoms with van der Waals surface area (Å²) in [5, 5.41) is 1.30. The van der Waals surface area contributed by atoms with Gasteiger partial charge < -0.3 is 9.47 Å². The zero-order valence-corrected chi connectivity index (χ0v) is 26.9. The Bertz CT molecular complexity index is 2120. The molecule has 2 aliphatic rings. The van der Waals surface area contributed by atoms with Crippen molar-refractivity contribution in [3.05, 3.63) is 149 Å². The predicted octanol–water partition coefficient (Wildman–Crippen LogP) is 11.7. The lowest BCUT2D eigenvalue weighted by Crippen LogP contribution is -2.17. The number of rotatable bonds is 4. The summed E-state index contributed by atoms with van der Waals surface area (Å²) < 4.78 is 2.47. The van der Waals surface area contributed by atoms with Gasteiger partial charge in [0.25, 0.3) is 0 Å². The molecule has 2 nitrogen and oxygen atoms in total. The first-order valence-corrected chi connectivity index (χ1v) is 16.3. The van der Waals surface area contributed by atoms with Crippen molar-refractivity contribution in [3.63, 3.8) is 0 Å². The van der Waals surface area contributed by atoms with Crippen molar-refractivity contribution in [2.45, 2.75) is 58.3 Å². The van der Waals surface area contributed by atoms with Crippen LogP contribution in [0.4, 0.5) is 17.1 Å². The number of hydrogen-bond donors (Lipinski definition) is 0. The minimum Gasteiger partial charge on any atom is -0.313 e. The molecule has 0 radical (unpaired) electrons. The molecule has 45 heavy (non-hydrogen) atoms. The van der Waals surface area contributed by atoms with Crippen molar-refractivity contribution in [1.29, 1.82) is 0 Å². The summed E-state index contributed by atoms with van der Waals surface area (Å²) in [6, 6.07) is 43.0. The SMILES string of the molecule is CC(C)(C)c1cccc(N(c2ccc3c(c2)C(C)(C)c2ccccc2-3)c2ccc3c(c2)c2c(n3-c3ccccc3)CCC=C2)c1. The fraction of sp³-hybridized carbons (Fsp3) is 0.209. The minimum atomic E-state index is -0.0679. The molecule has 2 aliphatic carbocycles. The van der Waals surface area contributed by atoms with Gasteiger partial charge >= 0.3 is 0 Å². The van der Waals surface area contributed by atoms with E-state index in [-0.39, 0.29) is 10.8 Å². The first-order valence-electron chi connectivity index (χ1n) is 16.3. The standard InChI is InChI=1S/C43H40N2/c1-42(2,3)29-14-13-17-31(26-29)44(33-22-24-35-34-18-9-11-20-38(34)43(4,5)39(35)28-33)32-23-25-41-37(27-32)36-19-10-12-21-40(36)45(41)30-15-7-6-8-16-30/h6-11,13-20,22-28H,12,21H2,1-5H3. The molecule has 0 saturated carbocycles. The topological polar surface area (TPSA) is 8.17 Å². The van der Waals surface area contributed by atoms with Gasteiger partial charge in [-0.3, -0.25) is 0 Å². The van der Waals surface area contributed by atoms with Gasteiger partial charge in [0.15, 0.2) is 0 Å². The Kier molecular flexibility index (Phi) is 6.22. The van der Waals surface area contributed by atoms with Crippen LogP contribution in [-0.4, -0.2) is 4.57 Å². The average molecular weight is 585 g/mol. The van der Waals surface area contributed by atoms with E-state index in [1.54, 1.807) is 0 Å².